The number of nitrogens with one attached hydrogen (secondary N) is 2. The number of aliphatic hydroxyl groups is 2. The SMILES string of the molecule is OC(CNCc1ccc(CNCC(O)COCc2ccccc2)cc1)COCc1ccccc1. The van der Waals surface area contributed by atoms with Crippen LogP contribution in [-0.4, -0.2) is 48.7 Å². The van der Waals surface area contributed by atoms with E-state index in [1.165, 1.54) is 0 Å². The molecule has 0 aliphatic rings. The van der Waals surface area contributed by atoms with Crippen molar-refractivity contribution in [2.45, 2.75) is 38.5 Å². The van der Waals surface area contributed by atoms with E-state index in [-0.39, 0.29) is 0 Å². The van der Waals surface area contributed by atoms with Gasteiger partial charge in [0.15, 0.2) is 0 Å². The second-order valence-corrected chi connectivity index (χ2v) is 8.39. The lowest BCUT2D eigenvalue weighted by Crippen LogP contribution is -2.30. The summed E-state index contributed by atoms with van der Waals surface area (Å²) in [5.41, 5.74) is 4.50. The van der Waals surface area contributed by atoms with Gasteiger partial charge in [-0.2, -0.15) is 0 Å². The topological polar surface area (TPSA) is 83.0 Å². The maximum absolute atomic E-state index is 10.1. The Kier molecular flexibility index (Phi) is 11.8. The Hall–Kier alpha value is -2.58. The molecule has 34 heavy (non-hydrogen) atoms. The smallest absolute Gasteiger partial charge is 0.0897 e. The van der Waals surface area contributed by atoms with Crippen molar-refractivity contribution in [1.82, 2.24) is 10.6 Å². The molecule has 0 radical (unpaired) electrons. The van der Waals surface area contributed by atoms with Crippen molar-refractivity contribution in [3.8, 4) is 0 Å². The molecule has 0 saturated carbocycles. The second-order valence-electron chi connectivity index (χ2n) is 8.39. The Balaban J connectivity index is 1.22. The van der Waals surface area contributed by atoms with Gasteiger partial charge in [-0.1, -0.05) is 84.9 Å². The van der Waals surface area contributed by atoms with Gasteiger partial charge < -0.3 is 30.3 Å². The van der Waals surface area contributed by atoms with Crippen LogP contribution in [0.4, 0.5) is 0 Å². The first-order chi connectivity index (χ1) is 16.7. The van der Waals surface area contributed by atoms with Gasteiger partial charge in [-0.05, 0) is 22.3 Å². The molecule has 3 aromatic rings. The zero-order valence-corrected chi connectivity index (χ0v) is 19.6. The first-order valence-corrected chi connectivity index (χ1v) is 11.8. The molecule has 3 rings (SSSR count). The lowest BCUT2D eigenvalue weighted by atomic mass is 10.1. The van der Waals surface area contributed by atoms with Crippen molar-refractivity contribution in [3.05, 3.63) is 107 Å². The van der Waals surface area contributed by atoms with Crippen LogP contribution in [0.5, 0.6) is 0 Å². The molecule has 4 N–H and O–H groups in total. The first kappa shape index (κ1) is 26.0. The summed E-state index contributed by atoms with van der Waals surface area (Å²) in [6.45, 7) is 3.92. The molecule has 0 aliphatic carbocycles. The number of ether oxygens (including phenoxy) is 2. The Morgan fingerprint density at radius 1 is 0.529 bits per heavy atom. The normalized spacial score (nSPS) is 13.0. The number of aliphatic hydroxyl groups excluding tert-OH is 2. The molecule has 0 spiro atoms. The average Bonchev–Trinajstić information content (AvgIpc) is 2.86. The Morgan fingerprint density at radius 2 is 0.912 bits per heavy atom. The third-order valence-corrected chi connectivity index (χ3v) is 5.28. The zero-order chi connectivity index (χ0) is 23.8. The molecule has 182 valence electrons. The van der Waals surface area contributed by atoms with Gasteiger partial charge in [-0.15, -0.1) is 0 Å². The van der Waals surface area contributed by atoms with E-state index >= 15 is 0 Å². The Labute approximate surface area is 202 Å². The van der Waals surface area contributed by atoms with Crippen LogP contribution in [0.3, 0.4) is 0 Å². The predicted molar refractivity (Wildman–Crippen MR) is 134 cm³/mol. The van der Waals surface area contributed by atoms with Crippen LogP contribution >= 0.6 is 0 Å². The molecule has 3 aromatic carbocycles. The minimum Gasteiger partial charge on any atom is -0.389 e. The predicted octanol–water partition coefficient (Wildman–Crippen LogP) is 3.02. The number of hydrogen-bond acceptors (Lipinski definition) is 6. The number of benzene rings is 3. The highest BCUT2D eigenvalue weighted by molar-refractivity contribution is 5.22. The number of rotatable bonds is 16. The van der Waals surface area contributed by atoms with Crippen molar-refractivity contribution in [1.29, 1.82) is 0 Å². The van der Waals surface area contributed by atoms with Crippen LogP contribution in [0.1, 0.15) is 22.3 Å². The lowest BCUT2D eigenvalue weighted by molar-refractivity contribution is 0.0287. The zero-order valence-electron chi connectivity index (χ0n) is 19.6. The molecule has 0 amide bonds. The van der Waals surface area contributed by atoms with E-state index in [0.717, 1.165) is 22.3 Å². The molecular formula is C28H36N2O4. The van der Waals surface area contributed by atoms with Crippen LogP contribution < -0.4 is 10.6 Å². The van der Waals surface area contributed by atoms with Crippen LogP contribution in [0.2, 0.25) is 0 Å². The largest absolute Gasteiger partial charge is 0.389 e. The molecule has 0 fully saturated rings. The minimum atomic E-state index is -0.546. The quantitative estimate of drug-likeness (QED) is 0.261. The molecule has 0 aromatic heterocycles. The molecule has 2 atom stereocenters. The highest BCUT2D eigenvalue weighted by atomic mass is 16.5. The van der Waals surface area contributed by atoms with E-state index in [2.05, 4.69) is 34.9 Å². The van der Waals surface area contributed by atoms with Gasteiger partial charge in [0, 0.05) is 26.2 Å². The highest BCUT2D eigenvalue weighted by Crippen LogP contribution is 2.05. The molecular weight excluding hydrogens is 428 g/mol. The van der Waals surface area contributed by atoms with Gasteiger partial charge >= 0.3 is 0 Å². The van der Waals surface area contributed by atoms with E-state index in [0.29, 0.717) is 52.6 Å². The van der Waals surface area contributed by atoms with E-state index in [1.807, 2.05) is 60.7 Å². The summed E-state index contributed by atoms with van der Waals surface area (Å²) < 4.78 is 11.1. The van der Waals surface area contributed by atoms with Gasteiger partial charge in [-0.25, -0.2) is 0 Å². The summed E-state index contributed by atoms with van der Waals surface area (Å²) in [6, 6.07) is 28.2. The van der Waals surface area contributed by atoms with Crippen molar-refractivity contribution in [3.63, 3.8) is 0 Å². The molecule has 0 bridgehead atoms. The van der Waals surface area contributed by atoms with Crippen LogP contribution in [0.15, 0.2) is 84.9 Å². The van der Waals surface area contributed by atoms with Crippen molar-refractivity contribution >= 4 is 0 Å². The Bertz CT molecular complexity index is 830. The van der Waals surface area contributed by atoms with E-state index in [1.54, 1.807) is 0 Å². The minimum absolute atomic E-state index is 0.301. The highest BCUT2D eigenvalue weighted by Gasteiger charge is 2.06. The maximum atomic E-state index is 10.1. The number of hydrogen-bond donors (Lipinski definition) is 4. The van der Waals surface area contributed by atoms with Gasteiger partial charge in [0.2, 0.25) is 0 Å². The van der Waals surface area contributed by atoms with Gasteiger partial charge in [0.05, 0.1) is 38.6 Å². The fourth-order valence-electron chi connectivity index (χ4n) is 3.43. The van der Waals surface area contributed by atoms with Crippen molar-refractivity contribution in [2.24, 2.45) is 0 Å². The van der Waals surface area contributed by atoms with Crippen LogP contribution in [0.25, 0.3) is 0 Å². The lowest BCUT2D eigenvalue weighted by Gasteiger charge is -2.14. The van der Waals surface area contributed by atoms with E-state index in [9.17, 15) is 10.2 Å². The second kappa shape index (κ2) is 15.3. The fourth-order valence-corrected chi connectivity index (χ4v) is 3.43. The van der Waals surface area contributed by atoms with Crippen LogP contribution in [0, 0.1) is 0 Å². The monoisotopic (exact) mass is 464 g/mol. The summed E-state index contributed by atoms with van der Waals surface area (Å²) in [6.07, 6.45) is -1.09. The van der Waals surface area contributed by atoms with Gasteiger partial charge in [-0.3, -0.25) is 0 Å². The summed E-state index contributed by atoms with van der Waals surface area (Å²) >= 11 is 0. The summed E-state index contributed by atoms with van der Waals surface area (Å²) in [5.74, 6) is 0. The molecule has 2 unspecified atom stereocenters. The van der Waals surface area contributed by atoms with Crippen LogP contribution in [-0.2, 0) is 35.8 Å². The standard InChI is InChI=1S/C28H36N2O4/c31-27(21-33-19-25-7-3-1-4-8-25)17-29-15-23-11-13-24(14-12-23)16-30-18-28(32)22-34-20-26-9-5-2-6-10-26/h1-14,27-32H,15-22H2. The molecule has 6 heteroatoms. The third-order valence-electron chi connectivity index (χ3n) is 5.28. The van der Waals surface area contributed by atoms with Crippen molar-refractivity contribution in [2.75, 3.05) is 26.3 Å². The van der Waals surface area contributed by atoms with Gasteiger partial charge in [0.1, 0.15) is 0 Å². The molecule has 0 saturated heterocycles. The third kappa shape index (κ3) is 10.6. The summed E-state index contributed by atoms with van der Waals surface area (Å²) in [5, 5.41) is 26.7. The molecule has 6 nitrogen and oxygen atoms in total. The summed E-state index contributed by atoms with van der Waals surface area (Å²) in [7, 11) is 0. The first-order valence-electron chi connectivity index (χ1n) is 11.8. The Morgan fingerprint density at radius 3 is 1.29 bits per heavy atom. The maximum Gasteiger partial charge on any atom is 0.0897 e. The fraction of sp³-hybridized carbons (Fsp3) is 0.357. The van der Waals surface area contributed by atoms with Crippen molar-refractivity contribution < 1.29 is 19.7 Å². The van der Waals surface area contributed by atoms with Gasteiger partial charge in [0.25, 0.3) is 0 Å². The van der Waals surface area contributed by atoms with E-state index < -0.39 is 12.2 Å². The molecule has 0 aliphatic heterocycles. The average molecular weight is 465 g/mol. The summed E-state index contributed by atoms with van der Waals surface area (Å²) in [4.78, 5) is 0. The molecule has 0 heterocycles. The van der Waals surface area contributed by atoms with E-state index in [4.69, 9.17) is 9.47 Å².